The van der Waals surface area contributed by atoms with Gasteiger partial charge in [-0.1, -0.05) is 47.7 Å². The van der Waals surface area contributed by atoms with Crippen LogP contribution >= 0.6 is 24.0 Å². The summed E-state index contributed by atoms with van der Waals surface area (Å²) in [5.41, 5.74) is 2.71. The number of ether oxygens (including phenoxy) is 2. The highest BCUT2D eigenvalue weighted by atomic mass is 32.2. The van der Waals surface area contributed by atoms with Crippen LogP contribution in [0.1, 0.15) is 24.0 Å². The minimum absolute atomic E-state index is 0.0878. The van der Waals surface area contributed by atoms with Crippen molar-refractivity contribution < 1.29 is 19.1 Å². The first kappa shape index (κ1) is 22.8. The molecule has 1 heterocycles. The lowest BCUT2D eigenvalue weighted by Gasteiger charge is -2.14. The van der Waals surface area contributed by atoms with E-state index in [9.17, 15) is 9.59 Å². The van der Waals surface area contributed by atoms with Crippen LogP contribution in [0.5, 0.6) is 11.5 Å². The van der Waals surface area contributed by atoms with Gasteiger partial charge in [-0.15, -0.1) is 0 Å². The number of hydrogen-bond acceptors (Lipinski definition) is 6. The molecule has 0 aliphatic carbocycles. The van der Waals surface area contributed by atoms with E-state index < -0.39 is 0 Å². The molecular weight excluding hydrogens is 432 g/mol. The fraction of sp³-hybridized carbons (Fsp3) is 0.261. The first-order valence-electron chi connectivity index (χ1n) is 9.75. The number of nitrogens with zero attached hydrogens (tertiary/aromatic N) is 1. The maximum absolute atomic E-state index is 12.8. The molecule has 31 heavy (non-hydrogen) atoms. The summed E-state index contributed by atoms with van der Waals surface area (Å²) in [4.78, 5) is 27.0. The number of aryl methyl sites for hydroxylation is 1. The van der Waals surface area contributed by atoms with E-state index in [1.54, 1.807) is 37.3 Å². The standard InChI is InChI=1S/C23H24N2O4S2/c1-15-6-9-17(10-7-15)24-21(26)5-4-12-25-22(27)20(31-23(25)30)14-16-8-11-18(28-2)19(13-16)29-3/h6-11,13-14H,4-5,12H2,1-3H3,(H,24,26)/b20-14-. The number of anilines is 1. The quantitative estimate of drug-likeness (QED) is 0.461. The molecule has 6 nitrogen and oxygen atoms in total. The SMILES string of the molecule is COc1ccc(/C=C2\SC(=S)N(CCCC(=O)Nc3ccc(C)cc3)C2=O)cc1OC. The summed E-state index contributed by atoms with van der Waals surface area (Å²) >= 11 is 6.64. The lowest BCUT2D eigenvalue weighted by atomic mass is 10.2. The molecule has 0 saturated carbocycles. The summed E-state index contributed by atoms with van der Waals surface area (Å²) in [6, 6.07) is 13.1. The van der Waals surface area contributed by atoms with Gasteiger partial charge < -0.3 is 14.8 Å². The van der Waals surface area contributed by atoms with Gasteiger partial charge in [0.05, 0.1) is 19.1 Å². The molecule has 0 radical (unpaired) electrons. The Morgan fingerprint density at radius 3 is 2.52 bits per heavy atom. The Labute approximate surface area is 191 Å². The molecule has 1 aliphatic heterocycles. The molecule has 0 atom stereocenters. The number of hydrogen-bond donors (Lipinski definition) is 1. The fourth-order valence-corrected chi connectivity index (χ4v) is 4.35. The maximum atomic E-state index is 12.8. The van der Waals surface area contributed by atoms with Gasteiger partial charge in [0.1, 0.15) is 4.32 Å². The smallest absolute Gasteiger partial charge is 0.266 e. The minimum atomic E-state index is -0.149. The van der Waals surface area contributed by atoms with Crippen molar-refractivity contribution >= 4 is 51.9 Å². The topological polar surface area (TPSA) is 67.9 Å². The second-order valence-electron chi connectivity index (χ2n) is 6.97. The number of carbonyl (C=O) groups excluding carboxylic acids is 2. The predicted octanol–water partition coefficient (Wildman–Crippen LogP) is 4.63. The molecule has 0 bridgehead atoms. The molecule has 1 aliphatic rings. The van der Waals surface area contributed by atoms with E-state index in [0.717, 1.165) is 16.8 Å². The molecule has 1 N–H and O–H groups in total. The summed E-state index contributed by atoms with van der Waals surface area (Å²) in [5, 5.41) is 2.86. The average molecular weight is 457 g/mol. The van der Waals surface area contributed by atoms with Gasteiger partial charge in [-0.3, -0.25) is 14.5 Å². The Bertz CT molecular complexity index is 1020. The van der Waals surface area contributed by atoms with Crippen molar-refractivity contribution in [2.24, 2.45) is 0 Å². The van der Waals surface area contributed by atoms with Crippen molar-refractivity contribution in [1.29, 1.82) is 0 Å². The Hall–Kier alpha value is -2.84. The monoisotopic (exact) mass is 456 g/mol. The lowest BCUT2D eigenvalue weighted by molar-refractivity contribution is -0.122. The van der Waals surface area contributed by atoms with E-state index in [1.165, 1.54) is 11.8 Å². The van der Waals surface area contributed by atoms with Crippen LogP contribution < -0.4 is 14.8 Å². The van der Waals surface area contributed by atoms with Crippen molar-refractivity contribution in [2.45, 2.75) is 19.8 Å². The van der Waals surface area contributed by atoms with Crippen LogP contribution in [0.25, 0.3) is 6.08 Å². The predicted molar refractivity (Wildman–Crippen MR) is 128 cm³/mol. The third-order valence-corrected chi connectivity index (χ3v) is 6.08. The summed E-state index contributed by atoms with van der Waals surface area (Å²) < 4.78 is 11.1. The highest BCUT2D eigenvalue weighted by Gasteiger charge is 2.31. The number of amides is 2. The largest absolute Gasteiger partial charge is 0.493 e. The van der Waals surface area contributed by atoms with Crippen LogP contribution in [0.3, 0.4) is 0 Å². The average Bonchev–Trinajstić information content (AvgIpc) is 3.02. The Balaban J connectivity index is 1.57. The fourth-order valence-electron chi connectivity index (χ4n) is 3.04. The van der Waals surface area contributed by atoms with Crippen LogP contribution in [0, 0.1) is 6.92 Å². The number of benzene rings is 2. The Morgan fingerprint density at radius 1 is 1.13 bits per heavy atom. The molecule has 8 heteroatoms. The van der Waals surface area contributed by atoms with Crippen molar-refractivity contribution in [3.63, 3.8) is 0 Å². The number of carbonyl (C=O) groups is 2. The van der Waals surface area contributed by atoms with Crippen LogP contribution in [-0.4, -0.2) is 41.8 Å². The normalized spacial score (nSPS) is 14.8. The third-order valence-electron chi connectivity index (χ3n) is 4.70. The summed E-state index contributed by atoms with van der Waals surface area (Å²) in [6.45, 7) is 2.39. The van der Waals surface area contributed by atoms with Crippen molar-refractivity contribution in [3.8, 4) is 11.5 Å². The molecule has 1 fully saturated rings. The van der Waals surface area contributed by atoms with Crippen LogP contribution in [0.2, 0.25) is 0 Å². The second-order valence-corrected chi connectivity index (χ2v) is 8.64. The Kier molecular flexibility index (Phi) is 7.70. The molecule has 162 valence electrons. The highest BCUT2D eigenvalue weighted by molar-refractivity contribution is 8.26. The number of nitrogens with one attached hydrogen (secondary N) is 1. The summed E-state index contributed by atoms with van der Waals surface area (Å²) in [7, 11) is 3.14. The molecule has 3 rings (SSSR count). The number of thioether (sulfide) groups is 1. The van der Waals surface area contributed by atoms with Crippen LogP contribution in [-0.2, 0) is 9.59 Å². The first-order valence-corrected chi connectivity index (χ1v) is 11.0. The van der Waals surface area contributed by atoms with E-state index in [2.05, 4.69) is 5.32 Å². The van der Waals surface area contributed by atoms with E-state index in [-0.39, 0.29) is 11.8 Å². The van der Waals surface area contributed by atoms with Gasteiger partial charge in [-0.05, 0) is 49.2 Å². The molecule has 0 spiro atoms. The van der Waals surface area contributed by atoms with E-state index in [4.69, 9.17) is 21.7 Å². The zero-order valence-electron chi connectivity index (χ0n) is 17.6. The van der Waals surface area contributed by atoms with Gasteiger partial charge in [0.2, 0.25) is 5.91 Å². The van der Waals surface area contributed by atoms with Gasteiger partial charge in [0.15, 0.2) is 11.5 Å². The van der Waals surface area contributed by atoms with Gasteiger partial charge >= 0.3 is 0 Å². The van der Waals surface area contributed by atoms with Gasteiger partial charge in [-0.2, -0.15) is 0 Å². The van der Waals surface area contributed by atoms with Crippen LogP contribution in [0.15, 0.2) is 47.4 Å². The zero-order chi connectivity index (χ0) is 22.4. The van der Waals surface area contributed by atoms with Crippen LogP contribution in [0.4, 0.5) is 5.69 Å². The molecule has 2 amide bonds. The number of methoxy groups -OCH3 is 2. The molecule has 1 saturated heterocycles. The second kappa shape index (κ2) is 10.5. The van der Waals surface area contributed by atoms with Crippen molar-refractivity contribution in [1.82, 2.24) is 4.90 Å². The van der Waals surface area contributed by atoms with Gasteiger partial charge in [-0.25, -0.2) is 0 Å². The highest BCUT2D eigenvalue weighted by Crippen LogP contribution is 2.34. The van der Waals surface area contributed by atoms with Gasteiger partial charge in [0.25, 0.3) is 5.91 Å². The summed E-state index contributed by atoms with van der Waals surface area (Å²) in [5.74, 6) is 0.973. The first-order chi connectivity index (χ1) is 14.9. The molecule has 2 aromatic rings. The summed E-state index contributed by atoms with van der Waals surface area (Å²) in [6.07, 6.45) is 2.61. The lowest BCUT2D eigenvalue weighted by Crippen LogP contribution is -2.29. The van der Waals surface area contributed by atoms with E-state index in [1.807, 2.05) is 37.3 Å². The zero-order valence-corrected chi connectivity index (χ0v) is 19.3. The minimum Gasteiger partial charge on any atom is -0.493 e. The van der Waals surface area contributed by atoms with Crippen molar-refractivity contribution in [2.75, 3.05) is 26.1 Å². The Morgan fingerprint density at radius 2 is 1.84 bits per heavy atom. The molecular formula is C23H24N2O4S2. The molecule has 0 aromatic heterocycles. The number of rotatable bonds is 8. The number of thiocarbonyl (C=S) groups is 1. The maximum Gasteiger partial charge on any atom is 0.266 e. The third kappa shape index (κ3) is 5.86. The van der Waals surface area contributed by atoms with Crippen molar-refractivity contribution in [3.05, 3.63) is 58.5 Å². The van der Waals surface area contributed by atoms with E-state index in [0.29, 0.717) is 40.1 Å². The van der Waals surface area contributed by atoms with E-state index >= 15 is 0 Å². The van der Waals surface area contributed by atoms with Gasteiger partial charge in [0, 0.05) is 18.7 Å². The molecule has 0 unspecified atom stereocenters. The molecule has 2 aromatic carbocycles.